The van der Waals surface area contributed by atoms with E-state index in [0.29, 0.717) is 18.4 Å². The summed E-state index contributed by atoms with van der Waals surface area (Å²) in [5.74, 6) is 1.19. The van der Waals surface area contributed by atoms with Gasteiger partial charge in [0.15, 0.2) is 0 Å². The highest BCUT2D eigenvalue weighted by molar-refractivity contribution is 5.21. The second kappa shape index (κ2) is 6.86. The molecule has 100 valence electrons. The summed E-state index contributed by atoms with van der Waals surface area (Å²) in [5, 5.41) is 0. The third-order valence-electron chi connectivity index (χ3n) is 3.23. The lowest BCUT2D eigenvalue weighted by atomic mass is 9.92. The van der Waals surface area contributed by atoms with Crippen LogP contribution in [0.15, 0.2) is 18.5 Å². The molecule has 18 heavy (non-hydrogen) atoms. The van der Waals surface area contributed by atoms with Crippen LogP contribution < -0.4 is 0 Å². The van der Waals surface area contributed by atoms with Gasteiger partial charge in [-0.1, -0.05) is 19.9 Å². The maximum atomic E-state index is 5.66. The Bertz CT molecular complexity index is 359. The SMILES string of the molecule is CC(C)COCc1cncc(C2CCOCC2)c1. The van der Waals surface area contributed by atoms with Crippen LogP contribution in [0.3, 0.4) is 0 Å². The highest BCUT2D eigenvalue weighted by Gasteiger charge is 2.16. The molecule has 2 rings (SSSR count). The van der Waals surface area contributed by atoms with Crippen molar-refractivity contribution in [3.63, 3.8) is 0 Å². The minimum absolute atomic E-state index is 0.580. The summed E-state index contributed by atoms with van der Waals surface area (Å²) >= 11 is 0. The lowest BCUT2D eigenvalue weighted by Crippen LogP contribution is -2.14. The van der Waals surface area contributed by atoms with Crippen LogP contribution >= 0.6 is 0 Å². The molecule has 0 radical (unpaired) electrons. The molecular weight excluding hydrogens is 226 g/mol. The van der Waals surface area contributed by atoms with Crippen LogP contribution in [-0.2, 0) is 16.1 Å². The molecule has 3 nitrogen and oxygen atoms in total. The van der Waals surface area contributed by atoms with Crippen LogP contribution in [0.1, 0.15) is 43.7 Å². The molecule has 1 saturated heterocycles. The normalized spacial score (nSPS) is 17.3. The number of nitrogens with zero attached hydrogens (tertiary/aromatic N) is 1. The monoisotopic (exact) mass is 249 g/mol. The molecule has 1 fully saturated rings. The fraction of sp³-hybridized carbons (Fsp3) is 0.667. The van der Waals surface area contributed by atoms with Crippen molar-refractivity contribution in [2.45, 2.75) is 39.2 Å². The van der Waals surface area contributed by atoms with Gasteiger partial charge in [0.2, 0.25) is 0 Å². The first-order chi connectivity index (χ1) is 8.75. The number of ether oxygens (including phenoxy) is 2. The average molecular weight is 249 g/mol. The first-order valence-electron chi connectivity index (χ1n) is 6.85. The Labute approximate surface area is 110 Å². The van der Waals surface area contributed by atoms with E-state index >= 15 is 0 Å². The number of hydrogen-bond donors (Lipinski definition) is 0. The van der Waals surface area contributed by atoms with Crippen LogP contribution in [0.4, 0.5) is 0 Å². The van der Waals surface area contributed by atoms with Crippen molar-refractivity contribution in [2.24, 2.45) is 5.92 Å². The van der Waals surface area contributed by atoms with Crippen molar-refractivity contribution in [1.29, 1.82) is 0 Å². The molecule has 1 aromatic heterocycles. The third-order valence-corrected chi connectivity index (χ3v) is 3.23. The van der Waals surface area contributed by atoms with Crippen LogP contribution in [0, 0.1) is 5.92 Å². The molecule has 0 aromatic carbocycles. The van der Waals surface area contributed by atoms with Crippen LogP contribution in [0.5, 0.6) is 0 Å². The molecule has 2 heterocycles. The molecule has 0 bridgehead atoms. The average Bonchev–Trinajstić information content (AvgIpc) is 2.40. The summed E-state index contributed by atoms with van der Waals surface area (Å²) in [4.78, 5) is 4.34. The van der Waals surface area contributed by atoms with Gasteiger partial charge in [0.25, 0.3) is 0 Å². The summed E-state index contributed by atoms with van der Waals surface area (Å²) < 4.78 is 11.1. The molecule has 0 aliphatic carbocycles. The van der Waals surface area contributed by atoms with E-state index in [1.807, 2.05) is 12.4 Å². The molecule has 0 amide bonds. The molecule has 0 unspecified atom stereocenters. The van der Waals surface area contributed by atoms with E-state index in [0.717, 1.165) is 32.7 Å². The zero-order valence-electron chi connectivity index (χ0n) is 11.4. The van der Waals surface area contributed by atoms with Gasteiger partial charge in [-0.05, 0) is 35.8 Å². The van der Waals surface area contributed by atoms with Gasteiger partial charge in [0, 0.05) is 32.2 Å². The van der Waals surface area contributed by atoms with Crippen molar-refractivity contribution in [1.82, 2.24) is 4.98 Å². The van der Waals surface area contributed by atoms with Crippen molar-refractivity contribution < 1.29 is 9.47 Å². The van der Waals surface area contributed by atoms with E-state index in [1.54, 1.807) is 0 Å². The van der Waals surface area contributed by atoms with Crippen molar-refractivity contribution >= 4 is 0 Å². The summed E-state index contributed by atoms with van der Waals surface area (Å²) in [5.41, 5.74) is 2.52. The zero-order valence-corrected chi connectivity index (χ0v) is 11.4. The van der Waals surface area contributed by atoms with Gasteiger partial charge in [-0.15, -0.1) is 0 Å². The number of rotatable bonds is 5. The van der Waals surface area contributed by atoms with Gasteiger partial charge in [-0.3, -0.25) is 4.98 Å². The Morgan fingerprint density at radius 1 is 1.33 bits per heavy atom. The molecule has 0 atom stereocenters. The second-order valence-corrected chi connectivity index (χ2v) is 5.42. The molecule has 0 spiro atoms. The van der Waals surface area contributed by atoms with Gasteiger partial charge in [-0.2, -0.15) is 0 Å². The largest absolute Gasteiger partial charge is 0.381 e. The number of aromatic nitrogens is 1. The molecular formula is C15H23NO2. The molecule has 0 N–H and O–H groups in total. The smallest absolute Gasteiger partial charge is 0.0732 e. The van der Waals surface area contributed by atoms with E-state index in [4.69, 9.17) is 9.47 Å². The maximum absolute atomic E-state index is 5.66. The standard InChI is InChI=1S/C15H23NO2/c1-12(2)10-18-11-13-7-15(9-16-8-13)14-3-5-17-6-4-14/h7-9,12,14H,3-6,10-11H2,1-2H3. The summed E-state index contributed by atoms with van der Waals surface area (Å²) in [6, 6.07) is 2.24. The summed E-state index contributed by atoms with van der Waals surface area (Å²) in [6.07, 6.45) is 6.11. The highest BCUT2D eigenvalue weighted by atomic mass is 16.5. The third kappa shape index (κ3) is 4.07. The van der Waals surface area contributed by atoms with Crippen molar-refractivity contribution in [3.05, 3.63) is 29.6 Å². The Morgan fingerprint density at radius 3 is 2.83 bits per heavy atom. The molecule has 0 saturated carbocycles. The first-order valence-corrected chi connectivity index (χ1v) is 6.85. The Kier molecular flexibility index (Phi) is 5.14. The fourth-order valence-electron chi connectivity index (χ4n) is 2.25. The maximum Gasteiger partial charge on any atom is 0.0732 e. The lowest BCUT2D eigenvalue weighted by molar-refractivity contribution is 0.0849. The van der Waals surface area contributed by atoms with Crippen molar-refractivity contribution in [3.8, 4) is 0 Å². The molecule has 1 aliphatic rings. The molecule has 1 aliphatic heterocycles. The fourth-order valence-corrected chi connectivity index (χ4v) is 2.25. The quantitative estimate of drug-likeness (QED) is 0.803. The van der Waals surface area contributed by atoms with Gasteiger partial charge in [0.05, 0.1) is 6.61 Å². The van der Waals surface area contributed by atoms with Crippen LogP contribution in [0.2, 0.25) is 0 Å². The van der Waals surface area contributed by atoms with E-state index in [-0.39, 0.29) is 0 Å². The summed E-state index contributed by atoms with van der Waals surface area (Å²) in [7, 11) is 0. The highest BCUT2D eigenvalue weighted by Crippen LogP contribution is 2.26. The van der Waals surface area contributed by atoms with E-state index < -0.39 is 0 Å². The minimum atomic E-state index is 0.580. The Balaban J connectivity index is 1.91. The predicted octanol–water partition coefficient (Wildman–Crippen LogP) is 3.15. The molecule has 1 aromatic rings. The Morgan fingerprint density at radius 2 is 2.11 bits per heavy atom. The minimum Gasteiger partial charge on any atom is -0.381 e. The van der Waals surface area contributed by atoms with Gasteiger partial charge < -0.3 is 9.47 Å². The first kappa shape index (κ1) is 13.5. The van der Waals surface area contributed by atoms with Crippen LogP contribution in [0.25, 0.3) is 0 Å². The Hall–Kier alpha value is -0.930. The van der Waals surface area contributed by atoms with Crippen molar-refractivity contribution in [2.75, 3.05) is 19.8 Å². The lowest BCUT2D eigenvalue weighted by Gasteiger charge is -2.22. The molecule has 3 heteroatoms. The number of hydrogen-bond acceptors (Lipinski definition) is 3. The number of pyridine rings is 1. The second-order valence-electron chi connectivity index (χ2n) is 5.42. The zero-order chi connectivity index (χ0) is 12.8. The van der Waals surface area contributed by atoms with E-state index in [2.05, 4.69) is 24.9 Å². The summed E-state index contributed by atoms with van der Waals surface area (Å²) in [6.45, 7) is 7.55. The van der Waals surface area contributed by atoms with Crippen LogP contribution in [-0.4, -0.2) is 24.8 Å². The van der Waals surface area contributed by atoms with E-state index in [1.165, 1.54) is 11.1 Å². The predicted molar refractivity (Wildman–Crippen MR) is 71.5 cm³/mol. The van der Waals surface area contributed by atoms with Gasteiger partial charge >= 0.3 is 0 Å². The van der Waals surface area contributed by atoms with Gasteiger partial charge in [0.1, 0.15) is 0 Å². The van der Waals surface area contributed by atoms with E-state index in [9.17, 15) is 0 Å². The topological polar surface area (TPSA) is 31.4 Å². The van der Waals surface area contributed by atoms with Gasteiger partial charge in [-0.25, -0.2) is 0 Å².